The molecule has 1 aromatic carbocycles. The molecule has 0 aliphatic heterocycles. The van der Waals surface area contributed by atoms with Crippen molar-refractivity contribution in [2.24, 2.45) is 5.92 Å². The van der Waals surface area contributed by atoms with Crippen LogP contribution in [0.5, 0.6) is 0 Å². The van der Waals surface area contributed by atoms with Crippen molar-refractivity contribution in [2.75, 3.05) is 6.54 Å². The summed E-state index contributed by atoms with van der Waals surface area (Å²) in [5.41, 5.74) is 1.10. The SMILES string of the molecule is CCC(CC)CNCc1ccc(F)cc1Br. The van der Waals surface area contributed by atoms with Crippen LogP contribution in [0.3, 0.4) is 0 Å². The van der Waals surface area contributed by atoms with E-state index in [0.29, 0.717) is 0 Å². The molecule has 0 amide bonds. The molecule has 1 aromatic rings. The zero-order chi connectivity index (χ0) is 12.0. The second kappa shape index (κ2) is 7.02. The molecule has 90 valence electrons. The van der Waals surface area contributed by atoms with Crippen molar-refractivity contribution in [3.63, 3.8) is 0 Å². The van der Waals surface area contributed by atoms with Gasteiger partial charge in [0, 0.05) is 11.0 Å². The maximum atomic E-state index is 12.9. The number of hydrogen-bond acceptors (Lipinski definition) is 1. The molecule has 0 atom stereocenters. The van der Waals surface area contributed by atoms with Gasteiger partial charge in [-0.05, 0) is 30.2 Å². The van der Waals surface area contributed by atoms with Crippen LogP contribution in [0.25, 0.3) is 0 Å². The summed E-state index contributed by atoms with van der Waals surface area (Å²) in [4.78, 5) is 0. The fourth-order valence-electron chi connectivity index (χ4n) is 1.65. The maximum absolute atomic E-state index is 12.9. The molecule has 0 saturated heterocycles. The van der Waals surface area contributed by atoms with Crippen molar-refractivity contribution in [3.05, 3.63) is 34.1 Å². The van der Waals surface area contributed by atoms with Gasteiger partial charge in [-0.15, -0.1) is 0 Å². The number of nitrogens with one attached hydrogen (secondary N) is 1. The van der Waals surface area contributed by atoms with E-state index in [1.807, 2.05) is 6.07 Å². The van der Waals surface area contributed by atoms with Gasteiger partial charge < -0.3 is 5.32 Å². The molecule has 0 fully saturated rings. The molecule has 0 aliphatic carbocycles. The van der Waals surface area contributed by atoms with E-state index in [-0.39, 0.29) is 5.82 Å². The van der Waals surface area contributed by atoms with Crippen LogP contribution in [-0.2, 0) is 6.54 Å². The van der Waals surface area contributed by atoms with Crippen LogP contribution in [0.2, 0.25) is 0 Å². The maximum Gasteiger partial charge on any atom is 0.124 e. The third kappa shape index (κ3) is 4.22. The Kier molecular flexibility index (Phi) is 5.99. The normalized spacial score (nSPS) is 11.1. The molecule has 0 aromatic heterocycles. The highest BCUT2D eigenvalue weighted by Gasteiger charge is 2.04. The largest absolute Gasteiger partial charge is 0.312 e. The lowest BCUT2D eigenvalue weighted by Gasteiger charge is -2.13. The summed E-state index contributed by atoms with van der Waals surface area (Å²) in [7, 11) is 0. The van der Waals surface area contributed by atoms with E-state index in [2.05, 4.69) is 35.1 Å². The van der Waals surface area contributed by atoms with Crippen LogP contribution in [0.1, 0.15) is 32.3 Å². The Hall–Kier alpha value is -0.410. The Morgan fingerprint density at radius 1 is 1.31 bits per heavy atom. The molecule has 0 heterocycles. The van der Waals surface area contributed by atoms with Gasteiger partial charge in [-0.3, -0.25) is 0 Å². The smallest absolute Gasteiger partial charge is 0.124 e. The van der Waals surface area contributed by atoms with Gasteiger partial charge in [0.15, 0.2) is 0 Å². The molecular formula is C13H19BrFN. The summed E-state index contributed by atoms with van der Waals surface area (Å²) in [5, 5.41) is 3.41. The summed E-state index contributed by atoms with van der Waals surface area (Å²) in [6.45, 7) is 6.24. The summed E-state index contributed by atoms with van der Waals surface area (Å²) >= 11 is 3.37. The van der Waals surface area contributed by atoms with Gasteiger partial charge >= 0.3 is 0 Å². The highest BCUT2D eigenvalue weighted by Crippen LogP contribution is 2.18. The van der Waals surface area contributed by atoms with E-state index < -0.39 is 0 Å². The lowest BCUT2D eigenvalue weighted by molar-refractivity contribution is 0.449. The molecule has 3 heteroatoms. The van der Waals surface area contributed by atoms with Gasteiger partial charge in [-0.25, -0.2) is 4.39 Å². The van der Waals surface area contributed by atoms with Gasteiger partial charge in [0.1, 0.15) is 5.82 Å². The van der Waals surface area contributed by atoms with Crippen molar-refractivity contribution >= 4 is 15.9 Å². The van der Waals surface area contributed by atoms with Crippen LogP contribution in [0.15, 0.2) is 22.7 Å². The summed E-state index contributed by atoms with van der Waals surface area (Å²) in [6.07, 6.45) is 2.40. The van der Waals surface area contributed by atoms with E-state index in [9.17, 15) is 4.39 Å². The zero-order valence-corrected chi connectivity index (χ0v) is 11.5. The van der Waals surface area contributed by atoms with Crippen LogP contribution >= 0.6 is 15.9 Å². The quantitative estimate of drug-likeness (QED) is 0.830. The lowest BCUT2D eigenvalue weighted by atomic mass is 10.0. The molecular weight excluding hydrogens is 269 g/mol. The molecule has 1 nitrogen and oxygen atoms in total. The minimum Gasteiger partial charge on any atom is -0.312 e. The average Bonchev–Trinajstić information content (AvgIpc) is 2.27. The fraction of sp³-hybridized carbons (Fsp3) is 0.538. The van der Waals surface area contributed by atoms with E-state index in [1.54, 1.807) is 0 Å². The zero-order valence-electron chi connectivity index (χ0n) is 9.89. The molecule has 16 heavy (non-hydrogen) atoms. The Labute approximate surface area is 106 Å². The van der Waals surface area contributed by atoms with Gasteiger partial charge in [-0.2, -0.15) is 0 Å². The third-order valence-electron chi connectivity index (χ3n) is 2.92. The van der Waals surface area contributed by atoms with Crippen molar-refractivity contribution in [1.82, 2.24) is 5.32 Å². The first-order valence-corrected chi connectivity index (χ1v) is 6.61. The molecule has 0 bridgehead atoms. The van der Waals surface area contributed by atoms with Crippen LogP contribution < -0.4 is 5.32 Å². The number of rotatable bonds is 6. The predicted octanol–water partition coefficient (Wildman–Crippen LogP) is 4.11. The third-order valence-corrected chi connectivity index (χ3v) is 3.66. The first kappa shape index (κ1) is 13.7. The Morgan fingerprint density at radius 3 is 2.56 bits per heavy atom. The summed E-state index contributed by atoms with van der Waals surface area (Å²) < 4.78 is 13.7. The molecule has 1 rings (SSSR count). The summed E-state index contributed by atoms with van der Waals surface area (Å²) in [6, 6.07) is 4.83. The van der Waals surface area contributed by atoms with Gasteiger partial charge in [-0.1, -0.05) is 48.7 Å². The van der Waals surface area contributed by atoms with Crippen molar-refractivity contribution in [3.8, 4) is 0 Å². The second-order valence-electron chi connectivity index (χ2n) is 4.05. The van der Waals surface area contributed by atoms with Gasteiger partial charge in [0.05, 0.1) is 0 Å². The van der Waals surface area contributed by atoms with E-state index in [0.717, 1.165) is 29.0 Å². The van der Waals surface area contributed by atoms with Crippen LogP contribution in [-0.4, -0.2) is 6.54 Å². The molecule has 0 unspecified atom stereocenters. The number of benzene rings is 1. The Bertz CT molecular complexity index is 324. The highest BCUT2D eigenvalue weighted by atomic mass is 79.9. The Balaban J connectivity index is 2.42. The van der Waals surface area contributed by atoms with Crippen LogP contribution in [0.4, 0.5) is 4.39 Å². The van der Waals surface area contributed by atoms with E-state index in [1.165, 1.54) is 25.0 Å². The van der Waals surface area contributed by atoms with Gasteiger partial charge in [0.25, 0.3) is 0 Å². The molecule has 0 aliphatic rings. The second-order valence-corrected chi connectivity index (χ2v) is 4.90. The fourth-order valence-corrected chi connectivity index (χ4v) is 2.14. The lowest BCUT2D eigenvalue weighted by Crippen LogP contribution is -2.21. The first-order valence-electron chi connectivity index (χ1n) is 5.82. The minimum atomic E-state index is -0.199. The standard InChI is InChI=1S/C13H19BrFN/c1-3-10(4-2)8-16-9-11-5-6-12(15)7-13(11)14/h5-7,10,16H,3-4,8-9H2,1-2H3. The monoisotopic (exact) mass is 287 g/mol. The average molecular weight is 288 g/mol. The van der Waals surface area contributed by atoms with Crippen molar-refractivity contribution in [2.45, 2.75) is 33.2 Å². The number of halogens is 2. The van der Waals surface area contributed by atoms with Crippen molar-refractivity contribution < 1.29 is 4.39 Å². The minimum absolute atomic E-state index is 0.199. The van der Waals surface area contributed by atoms with Crippen LogP contribution in [0, 0.1) is 11.7 Å². The first-order chi connectivity index (χ1) is 7.67. The summed E-state index contributed by atoms with van der Waals surface area (Å²) in [5.74, 6) is 0.537. The van der Waals surface area contributed by atoms with E-state index >= 15 is 0 Å². The molecule has 0 saturated carbocycles. The highest BCUT2D eigenvalue weighted by molar-refractivity contribution is 9.10. The molecule has 1 N–H and O–H groups in total. The Morgan fingerprint density at radius 2 is 2.00 bits per heavy atom. The molecule has 0 radical (unpaired) electrons. The van der Waals surface area contributed by atoms with E-state index in [4.69, 9.17) is 0 Å². The topological polar surface area (TPSA) is 12.0 Å². The predicted molar refractivity (Wildman–Crippen MR) is 69.9 cm³/mol. The number of hydrogen-bond donors (Lipinski definition) is 1. The molecule has 0 spiro atoms. The van der Waals surface area contributed by atoms with Gasteiger partial charge in [0.2, 0.25) is 0 Å². The van der Waals surface area contributed by atoms with Crippen molar-refractivity contribution in [1.29, 1.82) is 0 Å².